The van der Waals surface area contributed by atoms with Crippen LogP contribution in [-0.2, 0) is 9.59 Å². The number of nitrogens with one attached hydrogen (secondary N) is 2. The van der Waals surface area contributed by atoms with Crippen LogP contribution in [0.5, 0.6) is 0 Å². The summed E-state index contributed by atoms with van der Waals surface area (Å²) in [5.41, 5.74) is 4.59. The van der Waals surface area contributed by atoms with Gasteiger partial charge in [0.25, 0.3) is 0 Å². The molecule has 0 saturated heterocycles. The highest BCUT2D eigenvalue weighted by atomic mass is 79.9. The normalized spacial score (nSPS) is 29.3. The third-order valence-electron chi connectivity index (χ3n) is 4.60. The Bertz CT molecular complexity index is 629. The van der Waals surface area contributed by atoms with Gasteiger partial charge < -0.3 is 9.52 Å². The van der Waals surface area contributed by atoms with E-state index in [1.165, 1.54) is 6.07 Å². The second kappa shape index (κ2) is 5.75. The number of hydrazine groups is 1. The molecule has 2 bridgehead atoms. The van der Waals surface area contributed by atoms with Crippen LogP contribution in [0.4, 0.5) is 0 Å². The van der Waals surface area contributed by atoms with Crippen LogP contribution in [0.25, 0.3) is 0 Å². The number of amides is 2. The summed E-state index contributed by atoms with van der Waals surface area (Å²) in [7, 11) is 0. The lowest BCUT2D eigenvalue weighted by atomic mass is 9.79. The topological polar surface area (TPSA) is 109 Å². The monoisotopic (exact) mass is 370 g/mol. The fraction of sp³-hybridized carbons (Fsp3) is 0.500. The molecule has 7 nitrogen and oxygen atoms in total. The number of carboxylic acids is 1. The van der Waals surface area contributed by atoms with E-state index in [2.05, 4.69) is 26.8 Å². The maximum Gasteiger partial charge on any atom is 0.307 e. The molecule has 1 aromatic rings. The van der Waals surface area contributed by atoms with Crippen molar-refractivity contribution >= 4 is 33.7 Å². The van der Waals surface area contributed by atoms with Gasteiger partial charge in [-0.3, -0.25) is 25.2 Å². The van der Waals surface area contributed by atoms with Crippen molar-refractivity contribution < 1.29 is 23.9 Å². The fourth-order valence-corrected chi connectivity index (χ4v) is 4.03. The Labute approximate surface area is 134 Å². The summed E-state index contributed by atoms with van der Waals surface area (Å²) in [6, 6.07) is 3.02. The number of halogens is 1. The van der Waals surface area contributed by atoms with E-state index in [1.54, 1.807) is 6.07 Å². The van der Waals surface area contributed by atoms with E-state index >= 15 is 0 Å². The molecular weight excluding hydrogens is 356 g/mol. The van der Waals surface area contributed by atoms with Gasteiger partial charge in [-0.05, 0) is 59.2 Å². The molecule has 2 aliphatic rings. The number of carboxylic acid groups (broad SMARTS) is 1. The first kappa shape index (κ1) is 15.1. The van der Waals surface area contributed by atoms with E-state index in [9.17, 15) is 19.5 Å². The summed E-state index contributed by atoms with van der Waals surface area (Å²) in [6.07, 6.45) is 2.50. The molecule has 0 unspecified atom stereocenters. The molecule has 4 atom stereocenters. The van der Waals surface area contributed by atoms with Gasteiger partial charge in [0, 0.05) is 0 Å². The molecule has 0 spiro atoms. The summed E-state index contributed by atoms with van der Waals surface area (Å²) in [4.78, 5) is 35.4. The summed E-state index contributed by atoms with van der Waals surface area (Å²) < 4.78 is 5.48. The summed E-state index contributed by atoms with van der Waals surface area (Å²) in [5, 5.41) is 9.33. The molecule has 3 rings (SSSR count). The molecule has 0 aromatic carbocycles. The van der Waals surface area contributed by atoms with Gasteiger partial charge in [-0.2, -0.15) is 0 Å². The van der Waals surface area contributed by atoms with Crippen molar-refractivity contribution in [2.75, 3.05) is 0 Å². The van der Waals surface area contributed by atoms with Crippen LogP contribution in [0.2, 0.25) is 0 Å². The number of fused-ring (bicyclic) bond motifs is 2. The molecular formula is C14H15BrN2O5. The van der Waals surface area contributed by atoms with Crippen LogP contribution in [0.15, 0.2) is 21.2 Å². The Kier molecular flexibility index (Phi) is 3.94. The van der Waals surface area contributed by atoms with Crippen LogP contribution in [0.1, 0.15) is 29.8 Å². The first-order valence-electron chi connectivity index (χ1n) is 7.05. The molecule has 1 aromatic heterocycles. The highest BCUT2D eigenvalue weighted by Crippen LogP contribution is 2.52. The average Bonchev–Trinajstić information content (AvgIpc) is 3.18. The van der Waals surface area contributed by atoms with Crippen LogP contribution in [0.3, 0.4) is 0 Å². The van der Waals surface area contributed by atoms with Gasteiger partial charge in [0.15, 0.2) is 10.4 Å². The predicted octanol–water partition coefficient (Wildman–Crippen LogP) is 1.55. The Hall–Kier alpha value is -1.83. The summed E-state index contributed by atoms with van der Waals surface area (Å²) >= 11 is 3.08. The summed E-state index contributed by atoms with van der Waals surface area (Å²) in [6.45, 7) is 0. The Morgan fingerprint density at radius 3 is 2.41 bits per heavy atom. The van der Waals surface area contributed by atoms with E-state index in [4.69, 9.17) is 4.42 Å². The standard InChI is InChI=1S/C14H15BrN2O5/c15-9-4-3-8(22-9)12(18)16-17-13(19)10-6-1-2-7(5-6)11(10)14(20)21/h3-4,6-7,10-11H,1-2,5H2,(H,16,18)(H,17,19)(H,20,21)/t6-,7-,10+,11+/m0/s1. The largest absolute Gasteiger partial charge is 0.481 e. The van der Waals surface area contributed by atoms with Crippen molar-refractivity contribution in [3.8, 4) is 0 Å². The van der Waals surface area contributed by atoms with Crippen molar-refractivity contribution in [3.05, 3.63) is 22.6 Å². The van der Waals surface area contributed by atoms with Gasteiger partial charge in [-0.25, -0.2) is 0 Å². The Morgan fingerprint density at radius 1 is 1.14 bits per heavy atom. The number of aliphatic carboxylic acids is 1. The minimum absolute atomic E-state index is 0.0508. The predicted molar refractivity (Wildman–Crippen MR) is 77.5 cm³/mol. The van der Waals surface area contributed by atoms with Crippen LogP contribution in [0, 0.1) is 23.7 Å². The van der Waals surface area contributed by atoms with Crippen LogP contribution < -0.4 is 10.9 Å². The minimum Gasteiger partial charge on any atom is -0.481 e. The number of carbonyl (C=O) groups excluding carboxylic acids is 2. The minimum atomic E-state index is -0.936. The molecule has 2 aliphatic carbocycles. The van der Waals surface area contributed by atoms with Gasteiger partial charge in [-0.15, -0.1) is 0 Å². The average molecular weight is 371 g/mol. The molecule has 2 amide bonds. The number of hydrogen-bond acceptors (Lipinski definition) is 4. The second-order valence-electron chi connectivity index (χ2n) is 5.77. The highest BCUT2D eigenvalue weighted by molar-refractivity contribution is 9.10. The van der Waals surface area contributed by atoms with Crippen molar-refractivity contribution in [1.82, 2.24) is 10.9 Å². The molecule has 1 heterocycles. The lowest BCUT2D eigenvalue weighted by Crippen LogP contribution is -2.48. The highest BCUT2D eigenvalue weighted by Gasteiger charge is 2.54. The van der Waals surface area contributed by atoms with Crippen LogP contribution in [-0.4, -0.2) is 22.9 Å². The van der Waals surface area contributed by atoms with Gasteiger partial charge in [0.1, 0.15) is 0 Å². The Balaban J connectivity index is 1.62. The van der Waals surface area contributed by atoms with E-state index in [-0.39, 0.29) is 17.6 Å². The Morgan fingerprint density at radius 2 is 1.82 bits per heavy atom. The van der Waals surface area contributed by atoms with Crippen molar-refractivity contribution in [1.29, 1.82) is 0 Å². The van der Waals surface area contributed by atoms with E-state index in [0.717, 1.165) is 19.3 Å². The first-order valence-corrected chi connectivity index (χ1v) is 7.85. The molecule has 0 radical (unpaired) electrons. The third-order valence-corrected chi connectivity index (χ3v) is 5.03. The molecule has 22 heavy (non-hydrogen) atoms. The molecule has 2 fully saturated rings. The second-order valence-corrected chi connectivity index (χ2v) is 6.55. The number of furan rings is 1. The van der Waals surface area contributed by atoms with Crippen LogP contribution >= 0.6 is 15.9 Å². The number of rotatable bonds is 3. The van der Waals surface area contributed by atoms with Gasteiger partial charge in [0.2, 0.25) is 5.91 Å². The molecule has 118 valence electrons. The first-order chi connectivity index (χ1) is 10.5. The van der Waals surface area contributed by atoms with Gasteiger partial charge in [-0.1, -0.05) is 0 Å². The molecule has 8 heteroatoms. The molecule has 0 aliphatic heterocycles. The quantitative estimate of drug-likeness (QED) is 0.699. The van der Waals surface area contributed by atoms with Crippen molar-refractivity contribution in [2.45, 2.75) is 19.3 Å². The van der Waals surface area contributed by atoms with E-state index in [1.807, 2.05) is 0 Å². The van der Waals surface area contributed by atoms with Gasteiger partial charge >= 0.3 is 11.9 Å². The lowest BCUT2D eigenvalue weighted by Gasteiger charge is -2.26. The van der Waals surface area contributed by atoms with Gasteiger partial charge in [0.05, 0.1) is 11.8 Å². The number of carbonyl (C=O) groups is 3. The van der Waals surface area contributed by atoms with E-state index < -0.39 is 29.6 Å². The van der Waals surface area contributed by atoms with E-state index in [0.29, 0.717) is 4.67 Å². The zero-order valence-corrected chi connectivity index (χ0v) is 13.1. The SMILES string of the molecule is O=C(NNC(=O)[C@@H]1[C@H]2CC[C@@H](C2)[C@H]1C(=O)O)c1ccc(Br)o1. The third kappa shape index (κ3) is 2.63. The maximum atomic E-state index is 12.3. The summed E-state index contributed by atoms with van der Waals surface area (Å²) in [5.74, 6) is -3.01. The lowest BCUT2D eigenvalue weighted by molar-refractivity contribution is -0.149. The smallest absolute Gasteiger partial charge is 0.307 e. The zero-order valence-electron chi connectivity index (χ0n) is 11.5. The number of hydrogen-bond donors (Lipinski definition) is 3. The van der Waals surface area contributed by atoms with Crippen molar-refractivity contribution in [3.63, 3.8) is 0 Å². The fourth-order valence-electron chi connectivity index (χ4n) is 3.72. The maximum absolute atomic E-state index is 12.3. The molecule has 3 N–H and O–H groups in total. The molecule has 2 saturated carbocycles. The zero-order chi connectivity index (χ0) is 15.9. The van der Waals surface area contributed by atoms with Crippen molar-refractivity contribution in [2.24, 2.45) is 23.7 Å².